The van der Waals surface area contributed by atoms with Crippen molar-refractivity contribution in [3.63, 3.8) is 0 Å². The van der Waals surface area contributed by atoms with Gasteiger partial charge in [-0.1, -0.05) is 11.6 Å². The second-order valence-electron chi connectivity index (χ2n) is 2.72. The van der Waals surface area contributed by atoms with Gasteiger partial charge >= 0.3 is 5.97 Å². The minimum atomic E-state index is -1.17. The Bertz CT molecular complexity index is 523. The molecular formula is C8H5ClN2O2S. The number of rotatable bonds is 1. The maximum atomic E-state index is 10.6. The fourth-order valence-electron chi connectivity index (χ4n) is 1.10. The highest BCUT2D eigenvalue weighted by Crippen LogP contribution is 2.27. The molecular weight excluding hydrogens is 224 g/mol. The predicted octanol–water partition coefficient (Wildman–Crippen LogP) is 2.35. The Labute approximate surface area is 88.2 Å². The number of nitrogens with zero attached hydrogens (tertiary/aromatic N) is 2. The standard InChI is InChI=1S/C8H5ClN2O2S/c1-3-2-4-5(9)10-6(8(12)13)11-7(4)14-3/h2H,1H3,(H,12,13). The van der Waals surface area contributed by atoms with Gasteiger partial charge in [0, 0.05) is 10.3 Å². The minimum Gasteiger partial charge on any atom is -0.475 e. The van der Waals surface area contributed by atoms with E-state index in [9.17, 15) is 4.79 Å². The summed E-state index contributed by atoms with van der Waals surface area (Å²) in [5.74, 6) is -1.43. The number of thiophene rings is 1. The molecule has 0 bridgehead atoms. The van der Waals surface area contributed by atoms with Gasteiger partial charge in [-0.3, -0.25) is 0 Å². The number of hydrogen-bond donors (Lipinski definition) is 1. The Kier molecular flexibility index (Phi) is 2.13. The van der Waals surface area contributed by atoms with Crippen LogP contribution in [0.4, 0.5) is 0 Å². The normalized spacial score (nSPS) is 10.7. The third kappa shape index (κ3) is 1.44. The van der Waals surface area contributed by atoms with Gasteiger partial charge in [0.1, 0.15) is 9.98 Å². The van der Waals surface area contributed by atoms with Crippen molar-refractivity contribution in [1.82, 2.24) is 9.97 Å². The van der Waals surface area contributed by atoms with Crippen LogP contribution in [-0.4, -0.2) is 21.0 Å². The second-order valence-corrected chi connectivity index (χ2v) is 4.31. The highest BCUT2D eigenvalue weighted by Gasteiger charge is 2.13. The molecule has 72 valence electrons. The molecule has 4 nitrogen and oxygen atoms in total. The van der Waals surface area contributed by atoms with Crippen molar-refractivity contribution in [2.45, 2.75) is 6.92 Å². The molecule has 0 amide bonds. The summed E-state index contributed by atoms with van der Waals surface area (Å²) in [4.78, 5) is 19.8. The van der Waals surface area contributed by atoms with Gasteiger partial charge in [-0.05, 0) is 13.0 Å². The van der Waals surface area contributed by atoms with Gasteiger partial charge in [-0.25, -0.2) is 14.8 Å². The van der Waals surface area contributed by atoms with Crippen LogP contribution in [0.1, 0.15) is 15.5 Å². The molecule has 2 aromatic rings. The van der Waals surface area contributed by atoms with Crippen LogP contribution in [-0.2, 0) is 0 Å². The number of carboxylic acid groups (broad SMARTS) is 1. The fourth-order valence-corrected chi connectivity index (χ4v) is 2.26. The molecule has 0 fully saturated rings. The smallest absolute Gasteiger partial charge is 0.374 e. The highest BCUT2D eigenvalue weighted by molar-refractivity contribution is 7.18. The predicted molar refractivity (Wildman–Crippen MR) is 54.1 cm³/mol. The zero-order valence-electron chi connectivity index (χ0n) is 7.11. The topological polar surface area (TPSA) is 63.1 Å². The van der Waals surface area contributed by atoms with Crippen molar-refractivity contribution in [2.24, 2.45) is 0 Å². The number of carbonyl (C=O) groups is 1. The summed E-state index contributed by atoms with van der Waals surface area (Å²) in [5.41, 5.74) is 0. The van der Waals surface area contributed by atoms with Crippen molar-refractivity contribution >= 4 is 39.1 Å². The lowest BCUT2D eigenvalue weighted by molar-refractivity contribution is 0.0684. The Morgan fingerprint density at radius 1 is 1.57 bits per heavy atom. The van der Waals surface area contributed by atoms with Crippen LogP contribution < -0.4 is 0 Å². The van der Waals surface area contributed by atoms with Crippen LogP contribution in [0.3, 0.4) is 0 Å². The molecule has 0 unspecified atom stereocenters. The van der Waals surface area contributed by atoms with Crippen LogP contribution in [0, 0.1) is 6.92 Å². The third-order valence-electron chi connectivity index (χ3n) is 1.66. The molecule has 0 aliphatic rings. The van der Waals surface area contributed by atoms with E-state index in [1.165, 1.54) is 11.3 Å². The molecule has 0 atom stereocenters. The lowest BCUT2D eigenvalue weighted by Gasteiger charge is -1.95. The molecule has 1 N–H and O–H groups in total. The largest absolute Gasteiger partial charge is 0.475 e. The first kappa shape index (κ1) is 9.36. The zero-order chi connectivity index (χ0) is 10.3. The molecule has 2 heterocycles. The molecule has 0 aromatic carbocycles. The van der Waals surface area contributed by atoms with Gasteiger partial charge in [-0.2, -0.15) is 0 Å². The summed E-state index contributed by atoms with van der Waals surface area (Å²) < 4.78 is 0. The van der Waals surface area contributed by atoms with E-state index in [2.05, 4.69) is 9.97 Å². The third-order valence-corrected chi connectivity index (χ3v) is 2.89. The van der Waals surface area contributed by atoms with Gasteiger partial charge in [0.15, 0.2) is 0 Å². The number of aromatic carboxylic acids is 1. The molecule has 2 rings (SSSR count). The molecule has 2 aromatic heterocycles. The molecule has 0 radical (unpaired) electrons. The lowest BCUT2D eigenvalue weighted by Crippen LogP contribution is -2.03. The maximum Gasteiger partial charge on any atom is 0.374 e. The zero-order valence-corrected chi connectivity index (χ0v) is 8.69. The number of carboxylic acids is 1. The summed E-state index contributed by atoms with van der Waals surface area (Å²) in [6.07, 6.45) is 0. The quantitative estimate of drug-likeness (QED) is 0.761. The molecule has 0 aliphatic heterocycles. The van der Waals surface area contributed by atoms with E-state index in [4.69, 9.17) is 16.7 Å². The molecule has 0 spiro atoms. The molecule has 0 aliphatic carbocycles. The van der Waals surface area contributed by atoms with E-state index >= 15 is 0 Å². The van der Waals surface area contributed by atoms with Crippen molar-refractivity contribution in [2.75, 3.05) is 0 Å². The molecule has 6 heteroatoms. The highest BCUT2D eigenvalue weighted by atomic mass is 35.5. The van der Waals surface area contributed by atoms with Gasteiger partial charge in [-0.15, -0.1) is 11.3 Å². The average Bonchev–Trinajstić information content (AvgIpc) is 2.45. The van der Waals surface area contributed by atoms with Crippen LogP contribution in [0.2, 0.25) is 5.15 Å². The molecule has 14 heavy (non-hydrogen) atoms. The van der Waals surface area contributed by atoms with Crippen molar-refractivity contribution in [3.05, 3.63) is 21.9 Å². The fraction of sp³-hybridized carbons (Fsp3) is 0.125. The summed E-state index contributed by atoms with van der Waals surface area (Å²) in [7, 11) is 0. The maximum absolute atomic E-state index is 10.6. The molecule has 0 saturated heterocycles. The van der Waals surface area contributed by atoms with Crippen molar-refractivity contribution < 1.29 is 9.90 Å². The van der Waals surface area contributed by atoms with Crippen LogP contribution in [0.25, 0.3) is 10.2 Å². The summed E-state index contributed by atoms with van der Waals surface area (Å²) in [5, 5.41) is 9.60. The van der Waals surface area contributed by atoms with Gasteiger partial charge in [0.05, 0.1) is 0 Å². The SMILES string of the molecule is Cc1cc2c(Cl)nc(C(=O)O)nc2s1. The van der Waals surface area contributed by atoms with Crippen molar-refractivity contribution in [3.8, 4) is 0 Å². The van der Waals surface area contributed by atoms with Crippen LogP contribution >= 0.6 is 22.9 Å². The Morgan fingerprint density at radius 2 is 2.29 bits per heavy atom. The summed E-state index contributed by atoms with van der Waals surface area (Å²) >= 11 is 7.21. The van der Waals surface area contributed by atoms with Gasteiger partial charge in [0.2, 0.25) is 5.82 Å². The number of aryl methyl sites for hydroxylation is 1. The lowest BCUT2D eigenvalue weighted by atomic mass is 10.4. The summed E-state index contributed by atoms with van der Waals surface area (Å²) in [6, 6.07) is 1.84. The Morgan fingerprint density at radius 3 is 2.93 bits per heavy atom. The average molecular weight is 229 g/mol. The monoisotopic (exact) mass is 228 g/mol. The minimum absolute atomic E-state index is 0.191. The Balaban J connectivity index is 2.77. The van der Waals surface area contributed by atoms with Gasteiger partial charge < -0.3 is 5.11 Å². The van der Waals surface area contributed by atoms with E-state index in [-0.39, 0.29) is 11.0 Å². The number of aromatic nitrogens is 2. The number of halogens is 1. The van der Waals surface area contributed by atoms with E-state index in [1.54, 1.807) is 0 Å². The first-order chi connectivity index (χ1) is 6.58. The Hall–Kier alpha value is -1.20. The van der Waals surface area contributed by atoms with Crippen LogP contribution in [0.5, 0.6) is 0 Å². The van der Waals surface area contributed by atoms with E-state index in [0.29, 0.717) is 10.2 Å². The van der Waals surface area contributed by atoms with Crippen LogP contribution in [0.15, 0.2) is 6.07 Å². The molecule has 0 saturated carbocycles. The van der Waals surface area contributed by atoms with Crippen molar-refractivity contribution in [1.29, 1.82) is 0 Å². The van der Waals surface area contributed by atoms with E-state index < -0.39 is 5.97 Å². The second kappa shape index (κ2) is 3.18. The first-order valence-electron chi connectivity index (χ1n) is 3.75. The van der Waals surface area contributed by atoms with E-state index in [1.807, 2.05) is 13.0 Å². The van der Waals surface area contributed by atoms with E-state index in [0.717, 1.165) is 4.88 Å². The number of fused-ring (bicyclic) bond motifs is 1. The number of hydrogen-bond acceptors (Lipinski definition) is 4. The first-order valence-corrected chi connectivity index (χ1v) is 4.94. The van der Waals surface area contributed by atoms with Gasteiger partial charge in [0.25, 0.3) is 0 Å². The summed E-state index contributed by atoms with van der Waals surface area (Å²) in [6.45, 7) is 1.91.